The number of carbonyl (C=O) groups excluding carboxylic acids is 1. The van der Waals surface area contributed by atoms with Gasteiger partial charge in [-0.05, 0) is 24.6 Å². The molecule has 0 bridgehead atoms. The summed E-state index contributed by atoms with van der Waals surface area (Å²) in [5, 5.41) is 11.4. The van der Waals surface area contributed by atoms with Crippen LogP contribution in [0.25, 0.3) is 0 Å². The highest BCUT2D eigenvalue weighted by Gasteiger charge is 2.29. The molecule has 0 spiro atoms. The van der Waals surface area contributed by atoms with Crippen LogP contribution in [0, 0.1) is 0 Å². The molecule has 1 amide bonds. The molecule has 2 N–H and O–H groups in total. The quantitative estimate of drug-likeness (QED) is 0.723. The molecule has 1 aromatic rings. The lowest BCUT2D eigenvalue weighted by molar-refractivity contribution is -0.116. The van der Waals surface area contributed by atoms with E-state index in [-0.39, 0.29) is 28.4 Å². The zero-order valence-corrected chi connectivity index (χ0v) is 14.4. The Balaban J connectivity index is 2.24. The molecular formula is C13H16N2O7S2. The number of sulfonamides is 1. The van der Waals surface area contributed by atoms with Crippen LogP contribution in [-0.4, -0.2) is 63.2 Å². The number of carboxylic acids is 1. The largest absolute Gasteiger partial charge is 0.478 e. The number of nitrogens with one attached hydrogen (secondary N) is 1. The van der Waals surface area contributed by atoms with Crippen LogP contribution in [0.2, 0.25) is 0 Å². The van der Waals surface area contributed by atoms with Crippen LogP contribution in [0.15, 0.2) is 23.1 Å². The highest BCUT2D eigenvalue weighted by Crippen LogP contribution is 2.20. The number of benzene rings is 1. The van der Waals surface area contributed by atoms with Crippen molar-refractivity contribution in [3.05, 3.63) is 23.8 Å². The summed E-state index contributed by atoms with van der Waals surface area (Å²) in [4.78, 5) is 22.8. The van der Waals surface area contributed by atoms with E-state index in [4.69, 9.17) is 5.11 Å². The van der Waals surface area contributed by atoms with Crippen molar-refractivity contribution in [3.63, 3.8) is 0 Å². The van der Waals surface area contributed by atoms with Crippen LogP contribution in [0.5, 0.6) is 0 Å². The molecule has 0 radical (unpaired) electrons. The van der Waals surface area contributed by atoms with Crippen LogP contribution in [0.3, 0.4) is 0 Å². The Morgan fingerprint density at radius 1 is 1.29 bits per heavy atom. The maximum Gasteiger partial charge on any atom is 0.335 e. The first-order valence-corrected chi connectivity index (χ1v) is 10.4. The number of hydrogen-bond acceptors (Lipinski definition) is 6. The summed E-state index contributed by atoms with van der Waals surface area (Å²) in [7, 11) is -7.12. The van der Waals surface area contributed by atoms with Gasteiger partial charge in [-0.25, -0.2) is 21.6 Å². The van der Waals surface area contributed by atoms with Gasteiger partial charge in [0.15, 0.2) is 9.84 Å². The van der Waals surface area contributed by atoms with Crippen molar-refractivity contribution >= 4 is 37.4 Å². The van der Waals surface area contributed by atoms with E-state index < -0.39 is 38.3 Å². The number of carbonyl (C=O) groups is 2. The van der Waals surface area contributed by atoms with E-state index in [0.717, 1.165) is 28.8 Å². The van der Waals surface area contributed by atoms with E-state index in [2.05, 4.69) is 5.32 Å². The monoisotopic (exact) mass is 376 g/mol. The maximum absolute atomic E-state index is 12.0. The van der Waals surface area contributed by atoms with Crippen molar-refractivity contribution in [2.45, 2.75) is 11.3 Å². The van der Waals surface area contributed by atoms with E-state index in [0.29, 0.717) is 6.42 Å². The molecule has 0 unspecified atom stereocenters. The number of anilines is 1. The second-order valence-electron chi connectivity index (χ2n) is 5.37. The Labute approximate surface area is 139 Å². The van der Waals surface area contributed by atoms with Crippen LogP contribution in [0.4, 0.5) is 5.69 Å². The molecule has 0 atom stereocenters. The smallest absolute Gasteiger partial charge is 0.335 e. The summed E-state index contributed by atoms with van der Waals surface area (Å²) in [5.41, 5.74) is -0.334. The van der Waals surface area contributed by atoms with Crippen molar-refractivity contribution in [2.75, 3.05) is 30.4 Å². The van der Waals surface area contributed by atoms with Gasteiger partial charge in [0.05, 0.1) is 22.8 Å². The lowest BCUT2D eigenvalue weighted by Crippen LogP contribution is -2.34. The van der Waals surface area contributed by atoms with Gasteiger partial charge in [0.2, 0.25) is 15.9 Å². The average molecular weight is 376 g/mol. The third kappa shape index (κ3) is 4.30. The van der Waals surface area contributed by atoms with Gasteiger partial charge in [0, 0.05) is 18.5 Å². The fourth-order valence-corrected chi connectivity index (χ4v) is 4.39. The van der Waals surface area contributed by atoms with E-state index in [1.807, 2.05) is 0 Å². The molecule has 0 aromatic heterocycles. The Hall–Kier alpha value is -1.98. The number of hydrogen-bond donors (Lipinski definition) is 2. The molecule has 24 heavy (non-hydrogen) atoms. The fourth-order valence-electron chi connectivity index (χ4n) is 2.24. The lowest BCUT2D eigenvalue weighted by atomic mass is 10.2. The van der Waals surface area contributed by atoms with Gasteiger partial charge < -0.3 is 10.4 Å². The molecular weight excluding hydrogens is 360 g/mol. The number of carboxylic acid groups (broad SMARTS) is 1. The first kappa shape index (κ1) is 18.4. The van der Waals surface area contributed by atoms with Crippen molar-refractivity contribution < 1.29 is 31.5 Å². The van der Waals surface area contributed by atoms with Crippen LogP contribution in [0.1, 0.15) is 16.8 Å². The average Bonchev–Trinajstić information content (AvgIpc) is 2.76. The van der Waals surface area contributed by atoms with Gasteiger partial charge >= 0.3 is 5.97 Å². The highest BCUT2D eigenvalue weighted by atomic mass is 32.2. The zero-order valence-electron chi connectivity index (χ0n) is 12.7. The normalized spacial score (nSPS) is 17.5. The molecule has 1 heterocycles. The Morgan fingerprint density at radius 3 is 2.46 bits per heavy atom. The number of aromatic carboxylic acids is 1. The fraction of sp³-hybridized carbons (Fsp3) is 0.385. The van der Waals surface area contributed by atoms with Crippen LogP contribution in [-0.2, 0) is 24.7 Å². The third-order valence-electron chi connectivity index (χ3n) is 3.39. The van der Waals surface area contributed by atoms with Gasteiger partial charge in [0.1, 0.15) is 0 Å². The number of rotatable bonds is 5. The molecule has 1 aliphatic rings. The minimum absolute atomic E-state index is 0.0208. The molecule has 0 saturated carbocycles. The second-order valence-corrected chi connectivity index (χ2v) is 9.48. The van der Waals surface area contributed by atoms with Crippen molar-refractivity contribution in [2.24, 2.45) is 0 Å². The number of sulfone groups is 1. The zero-order chi connectivity index (χ0) is 18.1. The SMILES string of the molecule is CS(=O)(=O)c1cc(NC(=O)CN2CCCS2(=O)=O)cc(C(=O)O)c1. The van der Waals surface area contributed by atoms with Crippen molar-refractivity contribution in [3.8, 4) is 0 Å². The summed E-state index contributed by atoms with van der Waals surface area (Å²) < 4.78 is 47.6. The van der Waals surface area contributed by atoms with E-state index in [1.54, 1.807) is 0 Å². The van der Waals surface area contributed by atoms with E-state index in [1.165, 1.54) is 0 Å². The predicted octanol–water partition coefficient (Wildman–Crippen LogP) is -0.238. The maximum atomic E-state index is 12.0. The lowest BCUT2D eigenvalue weighted by Gasteiger charge is -2.14. The van der Waals surface area contributed by atoms with Crippen molar-refractivity contribution in [1.29, 1.82) is 0 Å². The Bertz CT molecular complexity index is 891. The molecule has 1 saturated heterocycles. The second kappa shape index (κ2) is 6.49. The Morgan fingerprint density at radius 2 is 1.96 bits per heavy atom. The minimum Gasteiger partial charge on any atom is -0.478 e. The standard InChI is InChI=1S/C13H16N2O7S2/c1-23(19,20)11-6-9(13(17)18)5-10(7-11)14-12(16)8-15-3-2-4-24(15,21)22/h5-7H,2-4,8H2,1H3,(H,14,16)(H,17,18). The van der Waals surface area contributed by atoms with Crippen LogP contribution < -0.4 is 5.32 Å². The van der Waals surface area contributed by atoms with Gasteiger partial charge in [-0.1, -0.05) is 0 Å². The van der Waals surface area contributed by atoms with Gasteiger partial charge in [-0.3, -0.25) is 4.79 Å². The summed E-state index contributed by atoms with van der Waals surface area (Å²) in [6, 6.07) is 3.21. The predicted molar refractivity (Wildman–Crippen MR) is 85.1 cm³/mol. The van der Waals surface area contributed by atoms with Crippen molar-refractivity contribution in [1.82, 2.24) is 4.31 Å². The first-order chi connectivity index (χ1) is 11.0. The molecule has 11 heteroatoms. The number of nitrogens with zero attached hydrogens (tertiary/aromatic N) is 1. The summed E-state index contributed by atoms with van der Waals surface area (Å²) in [6.07, 6.45) is 1.35. The molecule has 2 rings (SSSR count). The van der Waals surface area contributed by atoms with Gasteiger partial charge in [-0.2, -0.15) is 4.31 Å². The number of amides is 1. The van der Waals surface area contributed by atoms with E-state index >= 15 is 0 Å². The van der Waals surface area contributed by atoms with Crippen LogP contribution >= 0.6 is 0 Å². The molecule has 1 fully saturated rings. The minimum atomic E-state index is -3.68. The summed E-state index contributed by atoms with van der Waals surface area (Å²) >= 11 is 0. The molecule has 1 aliphatic heterocycles. The first-order valence-electron chi connectivity index (χ1n) is 6.85. The topological polar surface area (TPSA) is 138 Å². The molecule has 132 valence electrons. The Kier molecular flexibility index (Phi) is 4.97. The van der Waals surface area contributed by atoms with E-state index in [9.17, 15) is 26.4 Å². The third-order valence-corrected chi connectivity index (χ3v) is 6.38. The summed E-state index contributed by atoms with van der Waals surface area (Å²) in [5.74, 6) is -2.05. The molecule has 0 aliphatic carbocycles. The highest BCUT2D eigenvalue weighted by molar-refractivity contribution is 7.90. The molecule has 9 nitrogen and oxygen atoms in total. The van der Waals surface area contributed by atoms with Gasteiger partial charge in [0.25, 0.3) is 0 Å². The van der Waals surface area contributed by atoms with Gasteiger partial charge in [-0.15, -0.1) is 0 Å². The molecule has 1 aromatic carbocycles. The summed E-state index contributed by atoms with van der Waals surface area (Å²) in [6.45, 7) is -0.173.